The Morgan fingerprint density at radius 1 is 1.00 bits per heavy atom. The van der Waals surface area contributed by atoms with Gasteiger partial charge in [-0.15, -0.1) is 0 Å². The fourth-order valence-corrected chi connectivity index (χ4v) is 3.17. The molecule has 2 rings (SSSR count). The van der Waals surface area contributed by atoms with Crippen molar-refractivity contribution in [3.05, 3.63) is 58.1 Å². The van der Waals surface area contributed by atoms with Gasteiger partial charge in [-0.05, 0) is 56.7 Å². The van der Waals surface area contributed by atoms with Crippen molar-refractivity contribution in [2.75, 3.05) is 0 Å². The smallest absolute Gasteiger partial charge is 0.0548 e. The SMILES string of the molecule is CC(C)(C)NCc1cccc(Cl)c1Sc1ccc(Cl)cc1. The van der Waals surface area contributed by atoms with Crippen molar-refractivity contribution in [3.63, 3.8) is 0 Å². The molecule has 0 saturated heterocycles. The third-order valence-corrected chi connectivity index (χ3v) is 4.76. The summed E-state index contributed by atoms with van der Waals surface area (Å²) in [5.41, 5.74) is 1.28. The molecule has 1 N–H and O–H groups in total. The predicted octanol–water partition coefficient (Wildman–Crippen LogP) is 6.03. The van der Waals surface area contributed by atoms with E-state index in [9.17, 15) is 0 Å². The van der Waals surface area contributed by atoms with Crippen LogP contribution >= 0.6 is 35.0 Å². The Hall–Kier alpha value is -0.670. The molecular formula is C17H19Cl2NS. The fraction of sp³-hybridized carbons (Fsp3) is 0.294. The summed E-state index contributed by atoms with van der Waals surface area (Å²) in [5.74, 6) is 0. The molecule has 0 aliphatic rings. The summed E-state index contributed by atoms with van der Waals surface area (Å²) in [6, 6.07) is 13.9. The first kappa shape index (κ1) is 16.7. The lowest BCUT2D eigenvalue weighted by molar-refractivity contribution is 0.422. The lowest BCUT2D eigenvalue weighted by atomic mass is 10.1. The van der Waals surface area contributed by atoms with E-state index < -0.39 is 0 Å². The highest BCUT2D eigenvalue weighted by atomic mass is 35.5. The van der Waals surface area contributed by atoms with Crippen molar-refractivity contribution in [2.45, 2.75) is 42.6 Å². The fourth-order valence-electron chi connectivity index (χ4n) is 1.79. The number of hydrogen-bond donors (Lipinski definition) is 1. The normalized spacial score (nSPS) is 11.7. The Balaban J connectivity index is 2.23. The molecule has 4 heteroatoms. The van der Waals surface area contributed by atoms with E-state index in [-0.39, 0.29) is 5.54 Å². The standard InChI is InChI=1S/C17H19Cl2NS/c1-17(2,3)20-11-12-5-4-6-15(19)16(12)21-14-9-7-13(18)8-10-14/h4-10,20H,11H2,1-3H3. The molecular weight excluding hydrogens is 321 g/mol. The summed E-state index contributed by atoms with van der Waals surface area (Å²) >= 11 is 14.0. The van der Waals surface area contributed by atoms with Crippen LogP contribution in [0.25, 0.3) is 0 Å². The molecule has 0 aromatic heterocycles. The highest BCUT2D eigenvalue weighted by molar-refractivity contribution is 7.99. The van der Waals surface area contributed by atoms with E-state index in [1.807, 2.05) is 36.4 Å². The van der Waals surface area contributed by atoms with E-state index >= 15 is 0 Å². The number of halogens is 2. The van der Waals surface area contributed by atoms with Crippen LogP contribution < -0.4 is 5.32 Å². The van der Waals surface area contributed by atoms with Crippen LogP contribution in [0.1, 0.15) is 26.3 Å². The van der Waals surface area contributed by atoms with Crippen LogP contribution in [-0.2, 0) is 6.54 Å². The van der Waals surface area contributed by atoms with Gasteiger partial charge in [0.15, 0.2) is 0 Å². The molecule has 0 heterocycles. The second-order valence-corrected chi connectivity index (χ2v) is 7.82. The summed E-state index contributed by atoms with van der Waals surface area (Å²) in [6.07, 6.45) is 0. The number of benzene rings is 2. The van der Waals surface area contributed by atoms with Gasteiger partial charge in [0, 0.05) is 26.9 Å². The average molecular weight is 340 g/mol. The molecule has 0 radical (unpaired) electrons. The van der Waals surface area contributed by atoms with E-state index in [2.05, 4.69) is 32.2 Å². The first-order valence-corrected chi connectivity index (χ1v) is 8.38. The average Bonchev–Trinajstić information content (AvgIpc) is 2.41. The molecule has 0 unspecified atom stereocenters. The lowest BCUT2D eigenvalue weighted by Gasteiger charge is -2.22. The zero-order chi connectivity index (χ0) is 15.5. The Morgan fingerprint density at radius 2 is 1.67 bits per heavy atom. The lowest BCUT2D eigenvalue weighted by Crippen LogP contribution is -2.35. The molecule has 1 nitrogen and oxygen atoms in total. The zero-order valence-corrected chi connectivity index (χ0v) is 14.7. The van der Waals surface area contributed by atoms with Gasteiger partial charge >= 0.3 is 0 Å². The van der Waals surface area contributed by atoms with Crippen molar-refractivity contribution in [2.24, 2.45) is 0 Å². The van der Waals surface area contributed by atoms with Gasteiger partial charge < -0.3 is 5.32 Å². The number of nitrogens with one attached hydrogen (secondary N) is 1. The maximum atomic E-state index is 6.39. The van der Waals surface area contributed by atoms with Gasteiger partial charge in [0.1, 0.15) is 0 Å². The minimum absolute atomic E-state index is 0.0739. The van der Waals surface area contributed by atoms with Crippen LogP contribution in [0, 0.1) is 0 Å². The maximum absolute atomic E-state index is 6.39. The van der Waals surface area contributed by atoms with Crippen molar-refractivity contribution in [3.8, 4) is 0 Å². The highest BCUT2D eigenvalue weighted by Gasteiger charge is 2.13. The summed E-state index contributed by atoms with van der Waals surface area (Å²) < 4.78 is 0. The first-order chi connectivity index (χ1) is 9.85. The van der Waals surface area contributed by atoms with Crippen LogP contribution in [0.5, 0.6) is 0 Å². The van der Waals surface area contributed by atoms with Crippen LogP contribution in [0.4, 0.5) is 0 Å². The largest absolute Gasteiger partial charge is 0.308 e. The molecule has 0 aliphatic heterocycles. The minimum atomic E-state index is 0.0739. The van der Waals surface area contributed by atoms with Crippen molar-refractivity contribution in [1.82, 2.24) is 5.32 Å². The van der Waals surface area contributed by atoms with Gasteiger partial charge in [0.2, 0.25) is 0 Å². The second kappa shape index (κ2) is 7.06. The minimum Gasteiger partial charge on any atom is -0.308 e. The van der Waals surface area contributed by atoms with Gasteiger partial charge in [0.25, 0.3) is 0 Å². The molecule has 2 aromatic rings. The second-order valence-electron chi connectivity index (χ2n) is 5.89. The molecule has 0 spiro atoms. The van der Waals surface area contributed by atoms with Gasteiger partial charge in [-0.25, -0.2) is 0 Å². The van der Waals surface area contributed by atoms with E-state index in [0.717, 1.165) is 26.4 Å². The molecule has 21 heavy (non-hydrogen) atoms. The monoisotopic (exact) mass is 339 g/mol. The van der Waals surface area contributed by atoms with Crippen molar-refractivity contribution >= 4 is 35.0 Å². The quantitative estimate of drug-likeness (QED) is 0.729. The molecule has 112 valence electrons. The van der Waals surface area contributed by atoms with Gasteiger partial charge in [-0.3, -0.25) is 0 Å². The van der Waals surface area contributed by atoms with Gasteiger partial charge in [-0.2, -0.15) is 0 Å². The summed E-state index contributed by atoms with van der Waals surface area (Å²) in [4.78, 5) is 2.22. The summed E-state index contributed by atoms with van der Waals surface area (Å²) in [7, 11) is 0. The summed E-state index contributed by atoms with van der Waals surface area (Å²) in [5, 5.41) is 5.03. The van der Waals surface area contributed by atoms with Crippen molar-refractivity contribution < 1.29 is 0 Å². The molecule has 0 amide bonds. The predicted molar refractivity (Wildman–Crippen MR) is 93.6 cm³/mol. The highest BCUT2D eigenvalue weighted by Crippen LogP contribution is 2.36. The van der Waals surface area contributed by atoms with Gasteiger partial charge in [0.05, 0.1) is 5.02 Å². The third kappa shape index (κ3) is 5.23. The van der Waals surface area contributed by atoms with Crippen LogP contribution in [-0.4, -0.2) is 5.54 Å². The molecule has 0 fully saturated rings. The maximum Gasteiger partial charge on any atom is 0.0548 e. The zero-order valence-electron chi connectivity index (χ0n) is 12.4. The topological polar surface area (TPSA) is 12.0 Å². The van der Waals surface area contributed by atoms with E-state index in [1.165, 1.54) is 5.56 Å². The Morgan fingerprint density at radius 3 is 2.29 bits per heavy atom. The van der Waals surface area contributed by atoms with E-state index in [4.69, 9.17) is 23.2 Å². The van der Waals surface area contributed by atoms with E-state index in [0.29, 0.717) is 0 Å². The Bertz CT molecular complexity index is 603. The molecule has 0 atom stereocenters. The van der Waals surface area contributed by atoms with Gasteiger partial charge in [-0.1, -0.05) is 47.1 Å². The van der Waals surface area contributed by atoms with Crippen LogP contribution in [0.15, 0.2) is 52.3 Å². The first-order valence-electron chi connectivity index (χ1n) is 6.81. The molecule has 0 saturated carbocycles. The molecule has 2 aromatic carbocycles. The molecule has 0 aliphatic carbocycles. The van der Waals surface area contributed by atoms with Crippen molar-refractivity contribution in [1.29, 1.82) is 0 Å². The Kier molecular flexibility index (Phi) is 5.61. The summed E-state index contributed by atoms with van der Waals surface area (Å²) in [6.45, 7) is 7.26. The number of rotatable bonds is 4. The molecule has 0 bridgehead atoms. The third-order valence-electron chi connectivity index (χ3n) is 2.89. The van der Waals surface area contributed by atoms with Crippen LogP contribution in [0.2, 0.25) is 10.0 Å². The Labute approximate surface area is 141 Å². The number of hydrogen-bond acceptors (Lipinski definition) is 2. The van der Waals surface area contributed by atoms with E-state index in [1.54, 1.807) is 11.8 Å². The van der Waals surface area contributed by atoms with Crippen LogP contribution in [0.3, 0.4) is 0 Å².